The molecule has 23 heavy (non-hydrogen) atoms. The Balaban J connectivity index is 1.61. The molecule has 0 N–H and O–H groups in total. The maximum absolute atomic E-state index is 4.70. The van der Waals surface area contributed by atoms with Gasteiger partial charge in [0.25, 0.3) is 0 Å². The third-order valence-corrected chi connectivity index (χ3v) is 4.10. The molecule has 0 atom stereocenters. The number of aromatic nitrogens is 2. The van der Waals surface area contributed by atoms with Crippen molar-refractivity contribution in [3.8, 4) is 11.3 Å². The monoisotopic (exact) mass is 298 g/mol. The van der Waals surface area contributed by atoms with Crippen LogP contribution in [0.25, 0.3) is 16.9 Å². The third kappa shape index (κ3) is 2.88. The van der Waals surface area contributed by atoms with Gasteiger partial charge in [-0.05, 0) is 36.1 Å². The molecule has 0 saturated heterocycles. The fraction of sp³-hybridized carbons (Fsp3) is 0.0952. The standard InChI is InChI=1S/C21H18N2/c1-16-7-12-21-22-20(15-23(21)14-16)19-10-8-18(9-11-19)13-17-5-3-2-4-6-17/h2-12,14-15H,13H2,1H3. The summed E-state index contributed by atoms with van der Waals surface area (Å²) in [7, 11) is 0. The summed E-state index contributed by atoms with van der Waals surface area (Å²) in [6.07, 6.45) is 5.16. The van der Waals surface area contributed by atoms with Crippen molar-refractivity contribution in [1.29, 1.82) is 0 Å². The fourth-order valence-corrected chi connectivity index (χ4v) is 2.87. The predicted molar refractivity (Wildman–Crippen MR) is 94.6 cm³/mol. The summed E-state index contributed by atoms with van der Waals surface area (Å²) in [6.45, 7) is 2.09. The van der Waals surface area contributed by atoms with Crippen LogP contribution in [0.15, 0.2) is 79.1 Å². The van der Waals surface area contributed by atoms with Crippen LogP contribution in [0.4, 0.5) is 0 Å². The number of nitrogens with zero attached hydrogens (tertiary/aromatic N) is 2. The molecule has 2 heteroatoms. The molecule has 0 aliphatic carbocycles. The number of fused-ring (bicyclic) bond motifs is 1. The average Bonchev–Trinajstić information content (AvgIpc) is 2.99. The van der Waals surface area contributed by atoms with Crippen molar-refractivity contribution in [3.63, 3.8) is 0 Å². The molecule has 0 saturated carbocycles. The quantitative estimate of drug-likeness (QED) is 0.526. The normalized spacial score (nSPS) is 11.0. The van der Waals surface area contributed by atoms with Gasteiger partial charge < -0.3 is 4.40 Å². The molecule has 0 spiro atoms. The number of rotatable bonds is 3. The summed E-state index contributed by atoms with van der Waals surface area (Å²) in [6, 6.07) is 23.4. The van der Waals surface area contributed by atoms with Crippen molar-refractivity contribution in [1.82, 2.24) is 9.38 Å². The number of imidazole rings is 1. The first-order valence-electron chi connectivity index (χ1n) is 7.86. The Bertz CT molecular complexity index is 935. The van der Waals surface area contributed by atoms with Gasteiger partial charge in [-0.2, -0.15) is 0 Å². The molecular weight excluding hydrogens is 280 g/mol. The molecule has 0 aliphatic heterocycles. The highest BCUT2D eigenvalue weighted by Gasteiger charge is 2.05. The Morgan fingerprint density at radius 1 is 0.783 bits per heavy atom. The van der Waals surface area contributed by atoms with Gasteiger partial charge in [-0.3, -0.25) is 0 Å². The smallest absolute Gasteiger partial charge is 0.137 e. The van der Waals surface area contributed by atoms with Crippen LogP contribution < -0.4 is 0 Å². The highest BCUT2D eigenvalue weighted by molar-refractivity contribution is 5.63. The second kappa shape index (κ2) is 5.73. The molecule has 0 amide bonds. The van der Waals surface area contributed by atoms with Crippen LogP contribution in [0.1, 0.15) is 16.7 Å². The van der Waals surface area contributed by atoms with Gasteiger partial charge in [-0.15, -0.1) is 0 Å². The van der Waals surface area contributed by atoms with E-state index in [0.29, 0.717) is 0 Å². The summed E-state index contributed by atoms with van der Waals surface area (Å²) in [4.78, 5) is 4.70. The molecule has 112 valence electrons. The fourth-order valence-electron chi connectivity index (χ4n) is 2.87. The van der Waals surface area contributed by atoms with E-state index in [1.54, 1.807) is 0 Å². The Hall–Kier alpha value is -2.87. The van der Waals surface area contributed by atoms with E-state index in [0.717, 1.165) is 23.3 Å². The highest BCUT2D eigenvalue weighted by Crippen LogP contribution is 2.21. The van der Waals surface area contributed by atoms with Crippen molar-refractivity contribution < 1.29 is 0 Å². The lowest BCUT2D eigenvalue weighted by molar-refractivity contribution is 1.16. The second-order valence-corrected chi connectivity index (χ2v) is 5.96. The Kier molecular flexibility index (Phi) is 3.43. The Morgan fingerprint density at radius 2 is 1.52 bits per heavy atom. The summed E-state index contributed by atoms with van der Waals surface area (Å²) in [5, 5.41) is 0. The molecule has 2 heterocycles. The minimum absolute atomic E-state index is 0.964. The largest absolute Gasteiger partial charge is 0.306 e. The van der Waals surface area contributed by atoms with E-state index in [4.69, 9.17) is 4.98 Å². The zero-order chi connectivity index (χ0) is 15.6. The van der Waals surface area contributed by atoms with E-state index in [1.165, 1.54) is 16.7 Å². The van der Waals surface area contributed by atoms with Crippen molar-refractivity contribution in [2.24, 2.45) is 0 Å². The van der Waals surface area contributed by atoms with E-state index in [-0.39, 0.29) is 0 Å². The molecule has 0 aliphatic rings. The van der Waals surface area contributed by atoms with Crippen LogP contribution >= 0.6 is 0 Å². The minimum atomic E-state index is 0.964. The summed E-state index contributed by atoms with van der Waals surface area (Å²) < 4.78 is 2.09. The molecule has 2 nitrogen and oxygen atoms in total. The van der Waals surface area contributed by atoms with Gasteiger partial charge >= 0.3 is 0 Å². The second-order valence-electron chi connectivity index (χ2n) is 5.96. The van der Waals surface area contributed by atoms with Crippen LogP contribution in [-0.4, -0.2) is 9.38 Å². The summed E-state index contributed by atoms with van der Waals surface area (Å²) in [5.74, 6) is 0. The van der Waals surface area contributed by atoms with E-state index in [9.17, 15) is 0 Å². The van der Waals surface area contributed by atoms with Gasteiger partial charge in [0.1, 0.15) is 5.65 Å². The number of hydrogen-bond donors (Lipinski definition) is 0. The van der Waals surface area contributed by atoms with Crippen molar-refractivity contribution >= 4 is 5.65 Å². The van der Waals surface area contributed by atoms with Crippen LogP contribution in [-0.2, 0) is 6.42 Å². The first-order valence-corrected chi connectivity index (χ1v) is 7.86. The van der Waals surface area contributed by atoms with Crippen LogP contribution in [0, 0.1) is 6.92 Å². The topological polar surface area (TPSA) is 17.3 Å². The lowest BCUT2D eigenvalue weighted by Crippen LogP contribution is -1.87. The van der Waals surface area contributed by atoms with E-state index >= 15 is 0 Å². The molecule has 4 aromatic rings. The number of benzene rings is 2. The van der Waals surface area contributed by atoms with Crippen LogP contribution in [0.3, 0.4) is 0 Å². The Labute approximate surface area is 136 Å². The molecule has 2 aromatic carbocycles. The maximum Gasteiger partial charge on any atom is 0.137 e. The molecule has 0 unspecified atom stereocenters. The van der Waals surface area contributed by atoms with E-state index < -0.39 is 0 Å². The average molecular weight is 298 g/mol. The highest BCUT2D eigenvalue weighted by atomic mass is 15.0. The van der Waals surface area contributed by atoms with E-state index in [1.807, 2.05) is 0 Å². The van der Waals surface area contributed by atoms with Gasteiger partial charge in [-0.25, -0.2) is 4.98 Å². The number of hydrogen-bond acceptors (Lipinski definition) is 1. The summed E-state index contributed by atoms with van der Waals surface area (Å²) in [5.41, 5.74) is 7.05. The first kappa shape index (κ1) is 13.8. The van der Waals surface area contributed by atoms with Gasteiger partial charge in [0.15, 0.2) is 0 Å². The third-order valence-electron chi connectivity index (χ3n) is 4.10. The SMILES string of the molecule is Cc1ccc2nc(-c3ccc(Cc4ccccc4)cc3)cn2c1. The first-order chi connectivity index (χ1) is 11.3. The van der Waals surface area contributed by atoms with Gasteiger partial charge in [0.2, 0.25) is 0 Å². The van der Waals surface area contributed by atoms with Crippen molar-refractivity contribution in [2.45, 2.75) is 13.3 Å². The van der Waals surface area contributed by atoms with Crippen LogP contribution in [0.5, 0.6) is 0 Å². The summed E-state index contributed by atoms with van der Waals surface area (Å²) >= 11 is 0. The molecule has 0 radical (unpaired) electrons. The van der Waals surface area contributed by atoms with Crippen molar-refractivity contribution in [3.05, 3.63) is 95.8 Å². The lowest BCUT2D eigenvalue weighted by atomic mass is 10.0. The van der Waals surface area contributed by atoms with Gasteiger partial charge in [0.05, 0.1) is 5.69 Å². The lowest BCUT2D eigenvalue weighted by Gasteiger charge is -2.03. The van der Waals surface area contributed by atoms with Gasteiger partial charge in [-0.1, -0.05) is 60.7 Å². The predicted octanol–water partition coefficient (Wildman–Crippen LogP) is 4.90. The number of pyridine rings is 1. The molecule has 2 aromatic heterocycles. The minimum Gasteiger partial charge on any atom is -0.306 e. The molecular formula is C21H18N2. The Morgan fingerprint density at radius 3 is 2.30 bits per heavy atom. The van der Waals surface area contributed by atoms with E-state index in [2.05, 4.69) is 90.4 Å². The zero-order valence-electron chi connectivity index (χ0n) is 13.1. The maximum atomic E-state index is 4.70. The van der Waals surface area contributed by atoms with Crippen LogP contribution in [0.2, 0.25) is 0 Å². The zero-order valence-corrected chi connectivity index (χ0v) is 13.1. The van der Waals surface area contributed by atoms with Crippen molar-refractivity contribution in [2.75, 3.05) is 0 Å². The molecule has 0 fully saturated rings. The molecule has 4 rings (SSSR count). The number of aryl methyl sites for hydroxylation is 1. The molecule has 0 bridgehead atoms. The van der Waals surface area contributed by atoms with Gasteiger partial charge in [0, 0.05) is 18.0 Å².